The lowest BCUT2D eigenvalue weighted by molar-refractivity contribution is -0.124. The van der Waals surface area contributed by atoms with Crippen molar-refractivity contribution in [3.8, 4) is 11.4 Å². The molecule has 0 saturated heterocycles. The van der Waals surface area contributed by atoms with Gasteiger partial charge in [0.2, 0.25) is 5.91 Å². The quantitative estimate of drug-likeness (QED) is 0.592. The van der Waals surface area contributed by atoms with Gasteiger partial charge >= 0.3 is 0 Å². The van der Waals surface area contributed by atoms with Crippen LogP contribution in [0.1, 0.15) is 42.7 Å². The SMILES string of the molecule is CCC(c1c(Cl)cnc2nc(-c3c(C)noc3C)[nH]c12)C1C2C=CC(C2)C1C(N)=O. The molecule has 5 rings (SSSR count). The molecule has 2 aliphatic carbocycles. The van der Waals surface area contributed by atoms with Crippen molar-refractivity contribution < 1.29 is 9.32 Å². The minimum atomic E-state index is -0.224. The molecule has 0 spiro atoms. The maximum Gasteiger partial charge on any atom is 0.221 e. The van der Waals surface area contributed by atoms with E-state index in [1.165, 1.54) is 0 Å². The molecule has 7 nitrogen and oxygen atoms in total. The summed E-state index contributed by atoms with van der Waals surface area (Å²) in [5, 5.41) is 4.61. The van der Waals surface area contributed by atoms with Crippen molar-refractivity contribution in [3.63, 3.8) is 0 Å². The summed E-state index contributed by atoms with van der Waals surface area (Å²) >= 11 is 6.71. The Morgan fingerprint density at radius 1 is 1.37 bits per heavy atom. The monoisotopic (exact) mass is 425 g/mol. The van der Waals surface area contributed by atoms with Crippen molar-refractivity contribution in [2.45, 2.75) is 39.5 Å². The Morgan fingerprint density at radius 2 is 2.13 bits per heavy atom. The highest BCUT2D eigenvalue weighted by molar-refractivity contribution is 6.32. The summed E-state index contributed by atoms with van der Waals surface area (Å²) in [4.78, 5) is 24.9. The van der Waals surface area contributed by atoms with E-state index in [1.807, 2.05) is 13.8 Å². The first kappa shape index (κ1) is 19.3. The number of imidazole rings is 1. The van der Waals surface area contributed by atoms with Crippen molar-refractivity contribution in [2.24, 2.45) is 29.4 Å². The minimum absolute atomic E-state index is 0.0680. The number of carbonyl (C=O) groups excluding carboxylic acids is 1. The number of primary amides is 1. The molecule has 8 heteroatoms. The van der Waals surface area contributed by atoms with Gasteiger partial charge in [-0.05, 0) is 50.4 Å². The molecule has 2 bridgehead atoms. The normalized spacial score (nSPS) is 26.0. The van der Waals surface area contributed by atoms with Crippen molar-refractivity contribution in [3.05, 3.63) is 40.4 Å². The molecular formula is C22H24ClN5O2. The molecule has 156 valence electrons. The summed E-state index contributed by atoms with van der Waals surface area (Å²) in [6.45, 7) is 5.87. The van der Waals surface area contributed by atoms with E-state index in [-0.39, 0.29) is 29.6 Å². The fourth-order valence-electron chi connectivity index (χ4n) is 5.73. The molecule has 3 heterocycles. The van der Waals surface area contributed by atoms with Gasteiger partial charge in [0, 0.05) is 17.7 Å². The third kappa shape index (κ3) is 2.71. The Hall–Kier alpha value is -2.67. The maximum atomic E-state index is 12.3. The van der Waals surface area contributed by atoms with Crippen molar-refractivity contribution in [1.29, 1.82) is 0 Å². The molecule has 0 aliphatic heterocycles. The van der Waals surface area contributed by atoms with Crippen LogP contribution in [0.2, 0.25) is 5.02 Å². The Labute approximate surface area is 179 Å². The number of pyridine rings is 1. The number of aromatic amines is 1. The van der Waals surface area contributed by atoms with Crippen molar-refractivity contribution in [2.75, 3.05) is 0 Å². The summed E-state index contributed by atoms with van der Waals surface area (Å²) in [5.41, 5.74) is 9.80. The first-order chi connectivity index (χ1) is 14.4. The molecule has 5 atom stereocenters. The number of allylic oxidation sites excluding steroid dienone is 2. The lowest BCUT2D eigenvalue weighted by Crippen LogP contribution is -2.36. The molecule has 1 amide bonds. The second-order valence-electron chi connectivity index (χ2n) is 8.47. The van der Waals surface area contributed by atoms with Gasteiger partial charge in [-0.3, -0.25) is 4.79 Å². The van der Waals surface area contributed by atoms with Gasteiger partial charge in [-0.25, -0.2) is 9.97 Å². The first-order valence-corrected chi connectivity index (χ1v) is 10.7. The number of halogens is 1. The summed E-state index contributed by atoms with van der Waals surface area (Å²) < 4.78 is 5.31. The molecule has 2 aliphatic rings. The Morgan fingerprint density at radius 3 is 2.80 bits per heavy atom. The zero-order chi connectivity index (χ0) is 21.2. The number of H-pyrrole nitrogens is 1. The molecule has 5 unspecified atom stereocenters. The maximum absolute atomic E-state index is 12.3. The molecule has 3 N–H and O–H groups in total. The third-order valence-electron chi connectivity index (χ3n) is 6.91. The Kier molecular flexibility index (Phi) is 4.47. The largest absolute Gasteiger partial charge is 0.369 e. The van der Waals surface area contributed by atoms with Gasteiger partial charge in [-0.1, -0.05) is 35.8 Å². The highest BCUT2D eigenvalue weighted by Gasteiger charge is 2.50. The molecular weight excluding hydrogens is 402 g/mol. The van der Waals surface area contributed by atoms with Crippen LogP contribution in [0, 0.1) is 37.5 Å². The predicted octanol–water partition coefficient (Wildman–Crippen LogP) is 4.30. The second-order valence-corrected chi connectivity index (χ2v) is 8.88. The third-order valence-corrected chi connectivity index (χ3v) is 7.21. The smallest absolute Gasteiger partial charge is 0.221 e. The Balaban J connectivity index is 1.67. The average Bonchev–Trinajstić information content (AvgIpc) is 3.47. The number of carbonyl (C=O) groups is 1. The fourth-order valence-corrected chi connectivity index (χ4v) is 6.02. The highest BCUT2D eigenvalue weighted by atomic mass is 35.5. The lowest BCUT2D eigenvalue weighted by Gasteiger charge is -2.33. The second kappa shape index (κ2) is 6.94. The van der Waals surface area contributed by atoms with Gasteiger partial charge in [-0.15, -0.1) is 0 Å². The summed E-state index contributed by atoms with van der Waals surface area (Å²) in [5.74, 6) is 1.70. The molecule has 1 fully saturated rings. The van der Waals surface area contributed by atoms with Gasteiger partial charge in [0.1, 0.15) is 11.6 Å². The summed E-state index contributed by atoms with van der Waals surface area (Å²) in [6, 6.07) is 0. The van der Waals surface area contributed by atoms with Crippen LogP contribution in [0.3, 0.4) is 0 Å². The van der Waals surface area contributed by atoms with E-state index in [9.17, 15) is 4.79 Å². The van der Waals surface area contributed by atoms with Gasteiger partial charge in [0.05, 0.1) is 21.8 Å². The van der Waals surface area contributed by atoms with E-state index in [4.69, 9.17) is 26.8 Å². The van der Waals surface area contributed by atoms with E-state index >= 15 is 0 Å². The summed E-state index contributed by atoms with van der Waals surface area (Å²) in [7, 11) is 0. The van der Waals surface area contributed by atoms with Gasteiger partial charge in [-0.2, -0.15) is 0 Å². The molecule has 0 aromatic carbocycles. The van der Waals surface area contributed by atoms with Crippen LogP contribution in [-0.2, 0) is 4.79 Å². The van der Waals surface area contributed by atoms with E-state index < -0.39 is 0 Å². The summed E-state index contributed by atoms with van der Waals surface area (Å²) in [6.07, 6.45) is 7.87. The minimum Gasteiger partial charge on any atom is -0.369 e. The number of aromatic nitrogens is 4. The number of hydrogen-bond acceptors (Lipinski definition) is 5. The number of amides is 1. The highest BCUT2D eigenvalue weighted by Crippen LogP contribution is 2.55. The number of nitrogens with one attached hydrogen (secondary N) is 1. The predicted molar refractivity (Wildman–Crippen MR) is 114 cm³/mol. The fraction of sp³-hybridized carbons (Fsp3) is 0.455. The van der Waals surface area contributed by atoms with Crippen LogP contribution in [0.4, 0.5) is 0 Å². The van der Waals surface area contributed by atoms with Crippen LogP contribution in [0.25, 0.3) is 22.6 Å². The van der Waals surface area contributed by atoms with E-state index in [2.05, 4.69) is 34.2 Å². The van der Waals surface area contributed by atoms with Gasteiger partial charge in [0.25, 0.3) is 0 Å². The van der Waals surface area contributed by atoms with Crippen molar-refractivity contribution in [1.82, 2.24) is 20.1 Å². The number of rotatable bonds is 5. The van der Waals surface area contributed by atoms with Gasteiger partial charge < -0.3 is 15.2 Å². The van der Waals surface area contributed by atoms with Gasteiger partial charge in [0.15, 0.2) is 5.65 Å². The standard InChI is InChI=1S/C22H24ClN5O2/c1-4-13(16-11-5-6-12(7-11)17(16)20(24)29)18-14(23)8-25-22-19(18)26-21(27-22)15-9(2)28-30-10(15)3/h5-6,8,11-13,16-17H,4,7H2,1-3H3,(H2,24,29)(H,25,26,27). The average molecular weight is 426 g/mol. The van der Waals surface area contributed by atoms with Crippen LogP contribution in [0.15, 0.2) is 22.9 Å². The molecule has 3 aromatic heterocycles. The zero-order valence-electron chi connectivity index (χ0n) is 17.1. The van der Waals surface area contributed by atoms with E-state index in [0.29, 0.717) is 28.2 Å². The van der Waals surface area contributed by atoms with Crippen LogP contribution >= 0.6 is 11.6 Å². The van der Waals surface area contributed by atoms with Crippen LogP contribution in [-0.4, -0.2) is 26.0 Å². The lowest BCUT2D eigenvalue weighted by atomic mass is 9.71. The zero-order valence-corrected chi connectivity index (χ0v) is 17.9. The first-order valence-electron chi connectivity index (χ1n) is 10.4. The van der Waals surface area contributed by atoms with Crippen LogP contribution in [0.5, 0.6) is 0 Å². The number of fused-ring (bicyclic) bond motifs is 3. The molecule has 30 heavy (non-hydrogen) atoms. The molecule has 3 aromatic rings. The number of nitrogens with two attached hydrogens (primary N) is 1. The number of nitrogens with zero attached hydrogens (tertiary/aromatic N) is 3. The molecule has 0 radical (unpaired) electrons. The van der Waals surface area contributed by atoms with Crippen molar-refractivity contribution >= 4 is 28.7 Å². The van der Waals surface area contributed by atoms with E-state index in [0.717, 1.165) is 35.2 Å². The van der Waals surface area contributed by atoms with E-state index in [1.54, 1.807) is 6.20 Å². The molecule has 1 saturated carbocycles. The van der Waals surface area contributed by atoms with Crippen LogP contribution < -0.4 is 5.73 Å². The topological polar surface area (TPSA) is 111 Å². The Bertz CT molecular complexity index is 1160. The number of aryl methyl sites for hydroxylation is 2. The number of hydrogen-bond donors (Lipinski definition) is 2.